The number of phenols is 2. The van der Waals surface area contributed by atoms with Crippen molar-refractivity contribution >= 4 is 55.4 Å². The smallest absolute Gasteiger partial charge is 0.262 e. The Bertz CT molecular complexity index is 1980. The van der Waals surface area contributed by atoms with Crippen LogP contribution in [0.1, 0.15) is 26.9 Å². The average molecular weight is 594 g/mol. The van der Waals surface area contributed by atoms with Crippen molar-refractivity contribution in [2.45, 2.75) is 36.7 Å². The molecule has 9 N–H and O–H groups in total. The van der Waals surface area contributed by atoms with Crippen LogP contribution in [0.4, 0.5) is 0 Å². The van der Waals surface area contributed by atoms with Gasteiger partial charge in [-0.3, -0.25) is 14.5 Å². The van der Waals surface area contributed by atoms with Crippen molar-refractivity contribution in [3.8, 4) is 11.5 Å². The maximum Gasteiger partial charge on any atom is 0.262 e. The number of aromatic nitrogens is 2. The Balaban J connectivity index is 1.69. The third-order valence-corrected chi connectivity index (χ3v) is 8.53. The monoisotopic (exact) mass is 593 g/mol. The molecule has 43 heavy (non-hydrogen) atoms. The molecule has 5 atom stereocenters. The van der Waals surface area contributed by atoms with E-state index in [0.717, 1.165) is 4.90 Å². The van der Waals surface area contributed by atoms with Crippen LogP contribution in [0.25, 0.3) is 43.6 Å². The summed E-state index contributed by atoms with van der Waals surface area (Å²) in [5.41, 5.74) is 1.08. The standard InChI is InChI=1S/C29H27N3O11/c33-7-10(8-34)31-27(41)20-18-13-5-11(36)1-3-15(13)30-22(18)23-19(21(20)28(31)42)14-6-12(37)2-4-16(14)32(23)29-26(40)25(39)24(38)17(9-35)43-29/h1-6,10,17,24-26,29-30,33-40H,7-9H2/t17-,24-,25+,26-,29-/m1/s1. The normalized spacial score (nSPS) is 24.4. The zero-order chi connectivity index (χ0) is 30.5. The Hall–Kier alpha value is -4.28. The Labute approximate surface area is 240 Å². The third kappa shape index (κ3) is 3.59. The molecule has 1 fully saturated rings. The number of fused-ring (bicyclic) bond motifs is 10. The lowest BCUT2D eigenvalue weighted by molar-refractivity contribution is -0.249. The number of carbonyl (C=O) groups is 2. The number of hydrogen-bond acceptors (Lipinski definition) is 11. The molecule has 3 aromatic carbocycles. The van der Waals surface area contributed by atoms with E-state index in [9.17, 15) is 50.4 Å². The van der Waals surface area contributed by atoms with Gasteiger partial charge < -0.3 is 55.1 Å². The van der Waals surface area contributed by atoms with Gasteiger partial charge in [-0.15, -0.1) is 0 Å². The number of aromatic hydroxyl groups is 2. The number of imide groups is 1. The van der Waals surface area contributed by atoms with Crippen LogP contribution >= 0.6 is 0 Å². The largest absolute Gasteiger partial charge is 0.508 e. The second-order valence-corrected chi connectivity index (χ2v) is 10.9. The number of aromatic amines is 1. The van der Waals surface area contributed by atoms with Gasteiger partial charge in [0.2, 0.25) is 0 Å². The van der Waals surface area contributed by atoms with Gasteiger partial charge in [0.05, 0.1) is 53.5 Å². The number of H-pyrrole nitrogens is 1. The van der Waals surface area contributed by atoms with Crippen molar-refractivity contribution in [2.75, 3.05) is 19.8 Å². The van der Waals surface area contributed by atoms with Crippen molar-refractivity contribution in [2.24, 2.45) is 0 Å². The van der Waals surface area contributed by atoms with Gasteiger partial charge in [0.15, 0.2) is 6.23 Å². The number of phenolic OH excluding ortho intramolecular Hbond substituents is 2. The highest BCUT2D eigenvalue weighted by Gasteiger charge is 2.48. The fraction of sp³-hybridized carbons (Fsp3) is 0.310. The third-order valence-electron chi connectivity index (χ3n) is 8.53. The number of rotatable bonds is 5. The first-order valence-electron chi connectivity index (χ1n) is 13.5. The van der Waals surface area contributed by atoms with E-state index in [1.165, 1.54) is 34.9 Å². The van der Waals surface area contributed by atoms with Gasteiger partial charge in [-0.25, -0.2) is 0 Å². The molecular formula is C29H27N3O11. The topological polar surface area (TPSA) is 229 Å². The van der Waals surface area contributed by atoms with Crippen LogP contribution < -0.4 is 0 Å². The van der Waals surface area contributed by atoms with Gasteiger partial charge in [0.1, 0.15) is 35.9 Å². The van der Waals surface area contributed by atoms with Gasteiger partial charge in [0.25, 0.3) is 11.8 Å². The van der Waals surface area contributed by atoms with Crippen LogP contribution in [0.2, 0.25) is 0 Å². The lowest BCUT2D eigenvalue weighted by Crippen LogP contribution is -2.56. The summed E-state index contributed by atoms with van der Waals surface area (Å²) in [5, 5.41) is 83.8. The number of hydrogen-bond donors (Lipinski definition) is 9. The Morgan fingerprint density at radius 2 is 1.44 bits per heavy atom. The van der Waals surface area contributed by atoms with Crippen molar-refractivity contribution < 1.29 is 55.2 Å². The highest BCUT2D eigenvalue weighted by molar-refractivity contribution is 6.39. The number of ether oxygens (including phenoxy) is 1. The Morgan fingerprint density at radius 1 is 0.814 bits per heavy atom. The molecule has 5 aromatic rings. The molecule has 0 bridgehead atoms. The number of amides is 2. The molecule has 0 unspecified atom stereocenters. The lowest BCUT2D eigenvalue weighted by atomic mass is 9.96. The van der Waals surface area contributed by atoms with Crippen molar-refractivity contribution in [3.63, 3.8) is 0 Å². The highest BCUT2D eigenvalue weighted by atomic mass is 16.6. The zero-order valence-corrected chi connectivity index (χ0v) is 22.2. The van der Waals surface area contributed by atoms with Gasteiger partial charge in [-0.2, -0.15) is 0 Å². The first kappa shape index (κ1) is 27.5. The summed E-state index contributed by atoms with van der Waals surface area (Å²) < 4.78 is 7.39. The van der Waals surface area contributed by atoms with E-state index in [-0.39, 0.29) is 49.8 Å². The number of nitrogens with one attached hydrogen (secondary N) is 1. The first-order chi connectivity index (χ1) is 20.6. The minimum Gasteiger partial charge on any atom is -0.508 e. The molecule has 0 saturated carbocycles. The van der Waals surface area contributed by atoms with Gasteiger partial charge in [-0.1, -0.05) is 0 Å². The van der Waals surface area contributed by atoms with Crippen molar-refractivity contribution in [3.05, 3.63) is 47.5 Å². The number of benzene rings is 3. The quantitative estimate of drug-likeness (QED) is 0.121. The van der Waals surface area contributed by atoms with E-state index in [0.29, 0.717) is 16.4 Å². The van der Waals surface area contributed by atoms with Crippen LogP contribution in [0, 0.1) is 0 Å². The molecule has 2 aliphatic rings. The SMILES string of the molecule is O=C1c2c(c3c4cc(O)ccc4n([C@@H]4O[C@H](CO)[C@@H](O)[C@H](O)[C@H]4O)c3c3[nH]c4ccc(O)cc4c23)C(=O)N1C(CO)CO. The minimum absolute atomic E-state index is 0.0626. The zero-order valence-electron chi connectivity index (χ0n) is 22.2. The summed E-state index contributed by atoms with van der Waals surface area (Å²) in [5.74, 6) is -1.93. The van der Waals surface area contributed by atoms with Crippen LogP contribution in [0.3, 0.4) is 0 Å². The average Bonchev–Trinajstić information content (AvgIpc) is 3.60. The lowest BCUT2D eigenvalue weighted by Gasteiger charge is -2.41. The van der Waals surface area contributed by atoms with E-state index in [2.05, 4.69) is 4.98 Å². The van der Waals surface area contributed by atoms with Gasteiger partial charge in [0, 0.05) is 27.1 Å². The Morgan fingerprint density at radius 3 is 2.09 bits per heavy atom. The molecule has 14 nitrogen and oxygen atoms in total. The molecule has 1 saturated heterocycles. The molecule has 224 valence electrons. The molecule has 2 amide bonds. The van der Waals surface area contributed by atoms with E-state index in [4.69, 9.17) is 4.74 Å². The van der Waals surface area contributed by atoms with Crippen LogP contribution in [-0.4, -0.2) is 117 Å². The number of nitrogens with zero attached hydrogens (tertiary/aromatic N) is 2. The van der Waals surface area contributed by atoms with Crippen LogP contribution in [0.5, 0.6) is 11.5 Å². The minimum atomic E-state index is -1.74. The van der Waals surface area contributed by atoms with Crippen LogP contribution in [0.15, 0.2) is 36.4 Å². The molecule has 14 heteroatoms. The summed E-state index contributed by atoms with van der Waals surface area (Å²) in [7, 11) is 0. The summed E-state index contributed by atoms with van der Waals surface area (Å²) in [4.78, 5) is 32.1. The van der Waals surface area contributed by atoms with E-state index < -0.39 is 68.3 Å². The predicted molar refractivity (Wildman–Crippen MR) is 150 cm³/mol. The van der Waals surface area contributed by atoms with Crippen molar-refractivity contribution in [1.29, 1.82) is 0 Å². The summed E-state index contributed by atoms with van der Waals surface area (Å²) in [6.45, 7) is -2.12. The number of carbonyl (C=O) groups excluding carboxylic acids is 2. The molecule has 2 aliphatic heterocycles. The van der Waals surface area contributed by atoms with E-state index in [1.54, 1.807) is 6.07 Å². The molecule has 2 aromatic heterocycles. The molecule has 0 aliphatic carbocycles. The van der Waals surface area contributed by atoms with E-state index in [1.807, 2.05) is 0 Å². The highest BCUT2D eigenvalue weighted by Crippen LogP contribution is 2.48. The summed E-state index contributed by atoms with van der Waals surface area (Å²) >= 11 is 0. The summed E-state index contributed by atoms with van der Waals surface area (Å²) in [6, 6.07) is 7.34. The second-order valence-electron chi connectivity index (χ2n) is 10.9. The predicted octanol–water partition coefficient (Wildman–Crippen LogP) is -0.238. The van der Waals surface area contributed by atoms with Gasteiger partial charge in [-0.05, 0) is 36.4 Å². The first-order valence-corrected chi connectivity index (χ1v) is 13.5. The number of aliphatic hydroxyl groups is 6. The fourth-order valence-electron chi connectivity index (χ4n) is 6.54. The molecule has 0 spiro atoms. The van der Waals surface area contributed by atoms with Crippen molar-refractivity contribution in [1.82, 2.24) is 14.5 Å². The van der Waals surface area contributed by atoms with E-state index >= 15 is 0 Å². The number of aliphatic hydroxyl groups excluding tert-OH is 6. The van der Waals surface area contributed by atoms with Gasteiger partial charge >= 0.3 is 0 Å². The second kappa shape index (κ2) is 9.62. The fourth-order valence-corrected chi connectivity index (χ4v) is 6.54. The Kier molecular flexibility index (Phi) is 6.16. The molecular weight excluding hydrogens is 566 g/mol. The maximum absolute atomic E-state index is 14.1. The molecule has 0 radical (unpaired) electrons. The summed E-state index contributed by atoms with van der Waals surface area (Å²) in [6.07, 6.45) is -7.82. The molecule has 4 heterocycles. The van der Waals surface area contributed by atoms with Crippen LogP contribution in [-0.2, 0) is 4.74 Å². The maximum atomic E-state index is 14.1. The molecule has 7 rings (SSSR count).